The Bertz CT molecular complexity index is 952. The number of para-hydroxylation sites is 2. The Morgan fingerprint density at radius 2 is 1.70 bits per heavy atom. The van der Waals surface area contributed by atoms with Crippen molar-refractivity contribution >= 4 is 28.2 Å². The molecule has 27 heavy (non-hydrogen) atoms. The predicted molar refractivity (Wildman–Crippen MR) is 104 cm³/mol. The molecule has 3 aromatic rings. The monoisotopic (exact) mass is 383 g/mol. The summed E-state index contributed by atoms with van der Waals surface area (Å²) < 4.78 is 10.6. The molecule has 2 aromatic carbocycles. The molecule has 0 bridgehead atoms. The van der Waals surface area contributed by atoms with Gasteiger partial charge in [0.15, 0.2) is 18.1 Å². The normalized spacial score (nSPS) is 10.3. The first kappa shape index (κ1) is 18.5. The van der Waals surface area contributed by atoms with E-state index < -0.39 is 11.9 Å². The van der Waals surface area contributed by atoms with Crippen LogP contribution in [0.15, 0.2) is 60.0 Å². The van der Waals surface area contributed by atoms with Gasteiger partial charge in [-0.2, -0.15) is 0 Å². The Morgan fingerprint density at radius 1 is 1.04 bits per heavy atom. The van der Waals surface area contributed by atoms with Crippen molar-refractivity contribution in [3.63, 3.8) is 0 Å². The zero-order valence-corrected chi connectivity index (χ0v) is 15.3. The van der Waals surface area contributed by atoms with Gasteiger partial charge in [0.05, 0.1) is 7.11 Å². The minimum atomic E-state index is -1.10. The highest BCUT2D eigenvalue weighted by atomic mass is 32.1. The van der Waals surface area contributed by atoms with Crippen LogP contribution in [-0.2, 0) is 4.79 Å². The minimum absolute atomic E-state index is 0.0665. The van der Waals surface area contributed by atoms with Crippen molar-refractivity contribution in [2.24, 2.45) is 0 Å². The lowest BCUT2D eigenvalue weighted by Crippen LogP contribution is -2.21. The van der Waals surface area contributed by atoms with Crippen LogP contribution in [0.4, 0.5) is 5.00 Å². The molecule has 138 valence electrons. The third-order valence-corrected chi connectivity index (χ3v) is 4.67. The Morgan fingerprint density at radius 3 is 2.37 bits per heavy atom. The number of aromatic carboxylic acids is 1. The van der Waals surface area contributed by atoms with E-state index in [1.807, 2.05) is 30.3 Å². The summed E-state index contributed by atoms with van der Waals surface area (Å²) in [6.07, 6.45) is 0. The van der Waals surface area contributed by atoms with Gasteiger partial charge < -0.3 is 19.9 Å². The molecule has 1 heterocycles. The number of carbonyl (C=O) groups is 2. The van der Waals surface area contributed by atoms with Crippen molar-refractivity contribution in [2.75, 3.05) is 19.0 Å². The van der Waals surface area contributed by atoms with Crippen LogP contribution in [0.2, 0.25) is 0 Å². The van der Waals surface area contributed by atoms with Crippen molar-refractivity contribution in [1.29, 1.82) is 0 Å². The smallest absolute Gasteiger partial charge is 0.339 e. The zero-order chi connectivity index (χ0) is 19.2. The summed E-state index contributed by atoms with van der Waals surface area (Å²) in [4.78, 5) is 24.0. The number of rotatable bonds is 7. The topological polar surface area (TPSA) is 84.9 Å². The largest absolute Gasteiger partial charge is 0.493 e. The molecule has 0 saturated heterocycles. The van der Waals surface area contributed by atoms with Crippen molar-refractivity contribution in [1.82, 2.24) is 0 Å². The molecule has 7 heteroatoms. The number of amides is 1. The second kappa shape index (κ2) is 8.37. The summed E-state index contributed by atoms with van der Waals surface area (Å²) in [7, 11) is 1.51. The summed E-state index contributed by atoms with van der Waals surface area (Å²) >= 11 is 1.16. The third kappa shape index (κ3) is 4.27. The lowest BCUT2D eigenvalue weighted by molar-refractivity contribution is -0.118. The summed E-state index contributed by atoms with van der Waals surface area (Å²) in [5.74, 6) is -0.607. The average Bonchev–Trinajstić information content (AvgIpc) is 3.11. The molecule has 0 radical (unpaired) electrons. The molecule has 6 nitrogen and oxygen atoms in total. The molecule has 1 amide bonds. The first-order chi connectivity index (χ1) is 13.1. The Hall–Kier alpha value is -3.32. The highest BCUT2D eigenvalue weighted by Gasteiger charge is 2.21. The number of anilines is 1. The Kier molecular flexibility index (Phi) is 5.73. The van der Waals surface area contributed by atoms with Crippen LogP contribution in [0.3, 0.4) is 0 Å². The Balaban J connectivity index is 1.74. The number of hydrogen-bond acceptors (Lipinski definition) is 5. The van der Waals surface area contributed by atoms with Gasteiger partial charge in [-0.25, -0.2) is 4.79 Å². The maximum absolute atomic E-state index is 12.2. The summed E-state index contributed by atoms with van der Waals surface area (Å²) in [6, 6.07) is 16.1. The number of ether oxygens (including phenoxy) is 2. The van der Waals surface area contributed by atoms with E-state index in [1.54, 1.807) is 29.6 Å². The lowest BCUT2D eigenvalue weighted by atomic mass is 10.0. The van der Waals surface area contributed by atoms with E-state index in [1.165, 1.54) is 7.11 Å². The Labute approximate surface area is 160 Å². The zero-order valence-electron chi connectivity index (χ0n) is 14.5. The van der Waals surface area contributed by atoms with Gasteiger partial charge >= 0.3 is 5.97 Å². The van der Waals surface area contributed by atoms with Gasteiger partial charge in [-0.1, -0.05) is 42.5 Å². The number of nitrogens with one attached hydrogen (secondary N) is 1. The molecule has 0 fully saturated rings. The van der Waals surface area contributed by atoms with E-state index in [9.17, 15) is 14.7 Å². The van der Waals surface area contributed by atoms with Gasteiger partial charge in [0.25, 0.3) is 5.91 Å². The lowest BCUT2D eigenvalue weighted by Gasteiger charge is -2.10. The first-order valence-corrected chi connectivity index (χ1v) is 8.94. The molecular weight excluding hydrogens is 366 g/mol. The number of carbonyl (C=O) groups excluding carboxylic acids is 1. The van der Waals surface area contributed by atoms with Crippen molar-refractivity contribution in [3.8, 4) is 22.6 Å². The van der Waals surface area contributed by atoms with Gasteiger partial charge in [-0.05, 0) is 17.7 Å². The van der Waals surface area contributed by atoms with Gasteiger partial charge in [0.1, 0.15) is 10.6 Å². The van der Waals surface area contributed by atoms with E-state index in [2.05, 4.69) is 5.32 Å². The molecule has 0 saturated carbocycles. The van der Waals surface area contributed by atoms with E-state index >= 15 is 0 Å². The molecule has 0 aliphatic heterocycles. The number of carboxylic acid groups (broad SMARTS) is 1. The third-order valence-electron chi connectivity index (χ3n) is 3.77. The van der Waals surface area contributed by atoms with E-state index in [4.69, 9.17) is 9.47 Å². The predicted octanol–water partition coefficient (Wildman–Crippen LogP) is 4.14. The standard InChI is InChI=1S/C20H17NO5S/c1-25-15-9-5-6-10-16(15)26-11-17(22)21-19-18(20(23)24)14(12-27-19)13-7-3-2-4-8-13/h2-10,12H,11H2,1H3,(H,21,22)(H,23,24). The fraction of sp³-hybridized carbons (Fsp3) is 0.100. The summed E-state index contributed by atoms with van der Waals surface area (Å²) in [5.41, 5.74) is 1.41. The van der Waals surface area contributed by atoms with Gasteiger partial charge in [-0.15, -0.1) is 11.3 Å². The number of thiophene rings is 1. The molecule has 0 spiro atoms. The van der Waals surface area contributed by atoms with Crippen LogP contribution in [0.25, 0.3) is 11.1 Å². The molecule has 0 aliphatic carbocycles. The number of hydrogen-bond donors (Lipinski definition) is 2. The van der Waals surface area contributed by atoms with Gasteiger partial charge in [0, 0.05) is 10.9 Å². The molecule has 1 aromatic heterocycles. The van der Waals surface area contributed by atoms with Crippen LogP contribution in [0.5, 0.6) is 11.5 Å². The van der Waals surface area contributed by atoms with Crippen LogP contribution in [0, 0.1) is 0 Å². The van der Waals surface area contributed by atoms with Crippen molar-refractivity contribution in [3.05, 3.63) is 65.5 Å². The van der Waals surface area contributed by atoms with Crippen LogP contribution >= 0.6 is 11.3 Å². The first-order valence-electron chi connectivity index (χ1n) is 8.06. The fourth-order valence-corrected chi connectivity index (χ4v) is 3.51. The highest BCUT2D eigenvalue weighted by Crippen LogP contribution is 2.35. The quantitative estimate of drug-likeness (QED) is 0.641. The molecule has 2 N–H and O–H groups in total. The second-order valence-electron chi connectivity index (χ2n) is 5.51. The van der Waals surface area contributed by atoms with Gasteiger partial charge in [0.2, 0.25) is 0 Å². The fourth-order valence-electron chi connectivity index (χ4n) is 2.54. The van der Waals surface area contributed by atoms with E-state index in [-0.39, 0.29) is 17.2 Å². The molecular formula is C20H17NO5S. The number of methoxy groups -OCH3 is 1. The maximum Gasteiger partial charge on any atom is 0.339 e. The molecule has 0 aliphatic rings. The number of carboxylic acids is 1. The second-order valence-corrected chi connectivity index (χ2v) is 6.39. The van der Waals surface area contributed by atoms with E-state index in [0.29, 0.717) is 17.1 Å². The van der Waals surface area contributed by atoms with Crippen LogP contribution < -0.4 is 14.8 Å². The van der Waals surface area contributed by atoms with E-state index in [0.717, 1.165) is 16.9 Å². The maximum atomic E-state index is 12.2. The van der Waals surface area contributed by atoms with Crippen molar-refractivity contribution < 1.29 is 24.2 Å². The number of benzene rings is 2. The molecule has 0 atom stereocenters. The summed E-state index contributed by atoms with van der Waals surface area (Å²) in [5, 5.41) is 14.2. The summed E-state index contributed by atoms with van der Waals surface area (Å²) in [6.45, 7) is -0.266. The van der Waals surface area contributed by atoms with Gasteiger partial charge in [-0.3, -0.25) is 4.79 Å². The van der Waals surface area contributed by atoms with Crippen LogP contribution in [-0.4, -0.2) is 30.7 Å². The average molecular weight is 383 g/mol. The van der Waals surface area contributed by atoms with Crippen molar-refractivity contribution in [2.45, 2.75) is 0 Å². The molecule has 3 rings (SSSR count). The van der Waals surface area contributed by atoms with Crippen LogP contribution in [0.1, 0.15) is 10.4 Å². The highest BCUT2D eigenvalue weighted by molar-refractivity contribution is 7.15. The SMILES string of the molecule is COc1ccccc1OCC(=O)Nc1scc(-c2ccccc2)c1C(=O)O. The minimum Gasteiger partial charge on any atom is -0.493 e. The molecule has 0 unspecified atom stereocenters.